The zero-order chi connectivity index (χ0) is 22.9. The second kappa shape index (κ2) is 9.11. The molecule has 0 spiro atoms. The van der Waals surface area contributed by atoms with Gasteiger partial charge in [-0.2, -0.15) is 0 Å². The van der Waals surface area contributed by atoms with Gasteiger partial charge in [0, 0.05) is 53.9 Å². The summed E-state index contributed by atoms with van der Waals surface area (Å²) in [4.78, 5) is 28.6. The van der Waals surface area contributed by atoms with Gasteiger partial charge < -0.3 is 19.6 Å². The van der Waals surface area contributed by atoms with Gasteiger partial charge in [-0.15, -0.1) is 0 Å². The molecule has 1 saturated heterocycles. The van der Waals surface area contributed by atoms with E-state index in [1.54, 1.807) is 16.5 Å². The summed E-state index contributed by atoms with van der Waals surface area (Å²) in [5.74, 6) is -0.454. The molecule has 0 bridgehead atoms. The number of halogens is 1. The Morgan fingerprint density at radius 1 is 1.09 bits per heavy atom. The van der Waals surface area contributed by atoms with Crippen LogP contribution in [0.2, 0.25) is 5.02 Å². The number of nitrogens with one attached hydrogen (secondary N) is 1. The number of carbonyl (C=O) groups excluding carboxylic acids is 1. The number of hydrogen-bond donors (Lipinski definition) is 2. The third-order valence-electron chi connectivity index (χ3n) is 6.10. The van der Waals surface area contributed by atoms with Crippen molar-refractivity contribution in [1.29, 1.82) is 0 Å². The van der Waals surface area contributed by atoms with E-state index >= 15 is 0 Å². The molecule has 0 radical (unpaired) electrons. The zero-order valence-electron chi connectivity index (χ0n) is 18.0. The number of aliphatic hydroxyl groups excluding tert-OH is 1. The second-order valence-electron chi connectivity index (χ2n) is 8.31. The highest BCUT2D eigenvalue weighted by atomic mass is 35.5. The largest absolute Gasteiger partial charge is 0.390 e. The van der Waals surface area contributed by atoms with Gasteiger partial charge in [0.2, 0.25) is 5.43 Å². The molecule has 7 nitrogen and oxygen atoms in total. The molecule has 0 aliphatic carbocycles. The molecule has 1 fully saturated rings. The summed E-state index contributed by atoms with van der Waals surface area (Å²) in [6.45, 7) is 3.83. The van der Waals surface area contributed by atoms with Gasteiger partial charge in [-0.1, -0.05) is 23.7 Å². The first-order chi connectivity index (χ1) is 16.0. The lowest BCUT2D eigenvalue weighted by molar-refractivity contribution is 0.0342. The Balaban J connectivity index is 1.52. The molecule has 0 unspecified atom stereocenters. The highest BCUT2D eigenvalue weighted by Gasteiger charge is 2.20. The van der Waals surface area contributed by atoms with Gasteiger partial charge in [-0.3, -0.25) is 14.5 Å². The molecule has 2 aromatic heterocycles. The summed E-state index contributed by atoms with van der Waals surface area (Å²) in [6, 6.07) is 13.0. The SMILES string of the molecule is O=C(NCc1ccc(Cl)cc1)c1cn2c(CO)cc3cc(CN4CCOCC4)cc(c1=O)c32. The molecule has 33 heavy (non-hydrogen) atoms. The van der Waals surface area contributed by atoms with Crippen LogP contribution in [0.15, 0.2) is 53.5 Å². The Hall–Kier alpha value is -2.97. The van der Waals surface area contributed by atoms with E-state index in [0.717, 1.165) is 35.1 Å². The van der Waals surface area contributed by atoms with Crippen LogP contribution in [0.25, 0.3) is 16.3 Å². The first-order valence-corrected chi connectivity index (χ1v) is 11.3. The fourth-order valence-corrected chi connectivity index (χ4v) is 4.54. The topological polar surface area (TPSA) is 83.3 Å². The van der Waals surface area contributed by atoms with Crippen molar-refractivity contribution >= 4 is 33.8 Å². The quantitative estimate of drug-likeness (QED) is 0.457. The van der Waals surface area contributed by atoms with Crippen LogP contribution in [0, 0.1) is 0 Å². The number of carbonyl (C=O) groups is 1. The highest BCUT2D eigenvalue weighted by Crippen LogP contribution is 2.26. The number of aromatic nitrogens is 1. The Labute approximate surface area is 195 Å². The van der Waals surface area contributed by atoms with Crippen molar-refractivity contribution < 1.29 is 14.6 Å². The van der Waals surface area contributed by atoms with Gasteiger partial charge in [-0.25, -0.2) is 0 Å². The fourth-order valence-electron chi connectivity index (χ4n) is 4.42. The summed E-state index contributed by atoms with van der Waals surface area (Å²) in [7, 11) is 0. The second-order valence-corrected chi connectivity index (χ2v) is 8.75. The van der Waals surface area contributed by atoms with Crippen molar-refractivity contribution in [3.63, 3.8) is 0 Å². The number of benzene rings is 2. The molecule has 8 heteroatoms. The van der Waals surface area contributed by atoms with Crippen molar-refractivity contribution in [1.82, 2.24) is 14.6 Å². The third-order valence-corrected chi connectivity index (χ3v) is 6.35. The number of ether oxygens (including phenoxy) is 1. The standard InChI is InChI=1S/C25H24ClN3O4/c26-19-3-1-16(2-4-19)12-27-25(32)22-14-29-20(15-30)11-18-9-17(10-21(23(18)29)24(22)31)13-28-5-7-33-8-6-28/h1-4,9-11,14,30H,5-8,12-13,15H2,(H,27,32). The average Bonchev–Trinajstić information content (AvgIpc) is 3.19. The van der Waals surface area contributed by atoms with Crippen molar-refractivity contribution in [3.05, 3.63) is 86.3 Å². The summed E-state index contributed by atoms with van der Waals surface area (Å²) < 4.78 is 7.18. The fraction of sp³-hybridized carbons (Fsp3) is 0.280. The molecular weight excluding hydrogens is 442 g/mol. The van der Waals surface area contributed by atoms with Crippen LogP contribution in [-0.2, 0) is 24.4 Å². The third kappa shape index (κ3) is 4.32. The first kappa shape index (κ1) is 21.9. The first-order valence-electron chi connectivity index (χ1n) is 10.9. The number of hydrogen-bond acceptors (Lipinski definition) is 5. The Bertz CT molecular complexity index is 1360. The summed E-state index contributed by atoms with van der Waals surface area (Å²) in [6.07, 6.45) is 1.53. The van der Waals surface area contributed by atoms with Crippen molar-refractivity contribution in [3.8, 4) is 0 Å². The van der Waals surface area contributed by atoms with E-state index in [0.29, 0.717) is 35.9 Å². The van der Waals surface area contributed by atoms with Crippen LogP contribution in [0.5, 0.6) is 0 Å². The molecule has 170 valence electrons. The highest BCUT2D eigenvalue weighted by molar-refractivity contribution is 6.30. The van der Waals surface area contributed by atoms with Crippen LogP contribution < -0.4 is 10.7 Å². The lowest BCUT2D eigenvalue weighted by Gasteiger charge is -2.26. The maximum atomic E-state index is 13.4. The van der Waals surface area contributed by atoms with Gasteiger partial charge in [0.05, 0.1) is 25.3 Å². The van der Waals surface area contributed by atoms with Crippen LogP contribution in [0.3, 0.4) is 0 Å². The van der Waals surface area contributed by atoms with Gasteiger partial charge in [0.1, 0.15) is 5.56 Å². The Morgan fingerprint density at radius 2 is 1.85 bits per heavy atom. The molecule has 2 aromatic carbocycles. The Kier molecular flexibility index (Phi) is 6.03. The molecule has 0 atom stereocenters. The minimum absolute atomic E-state index is 0.0483. The molecular formula is C25H24ClN3O4. The van der Waals surface area contributed by atoms with E-state index in [4.69, 9.17) is 16.3 Å². The number of amides is 1. The maximum absolute atomic E-state index is 13.4. The van der Waals surface area contributed by atoms with Gasteiger partial charge in [-0.05, 0) is 41.5 Å². The van der Waals surface area contributed by atoms with E-state index < -0.39 is 5.91 Å². The predicted molar refractivity (Wildman–Crippen MR) is 127 cm³/mol. The van der Waals surface area contributed by atoms with E-state index in [9.17, 15) is 14.7 Å². The van der Waals surface area contributed by atoms with Gasteiger partial charge in [0.15, 0.2) is 0 Å². The minimum atomic E-state index is -0.454. The summed E-state index contributed by atoms with van der Waals surface area (Å²) in [5, 5.41) is 14.7. The smallest absolute Gasteiger partial charge is 0.257 e. The monoisotopic (exact) mass is 465 g/mol. The molecule has 3 heterocycles. The van der Waals surface area contributed by atoms with Crippen LogP contribution in [0.1, 0.15) is 27.2 Å². The van der Waals surface area contributed by atoms with Crippen LogP contribution in [-0.4, -0.2) is 46.6 Å². The molecule has 1 amide bonds. The van der Waals surface area contributed by atoms with Crippen molar-refractivity contribution in [2.45, 2.75) is 19.7 Å². The van der Waals surface area contributed by atoms with E-state index in [2.05, 4.69) is 16.3 Å². The van der Waals surface area contributed by atoms with Crippen molar-refractivity contribution in [2.75, 3.05) is 26.3 Å². The number of nitrogens with zero attached hydrogens (tertiary/aromatic N) is 2. The molecule has 5 rings (SSSR count). The molecule has 0 saturated carbocycles. The average molecular weight is 466 g/mol. The number of pyridine rings is 1. The van der Waals surface area contributed by atoms with Crippen LogP contribution in [0.4, 0.5) is 0 Å². The number of aliphatic hydroxyl groups is 1. The van der Waals surface area contributed by atoms with E-state index in [-0.39, 0.29) is 24.1 Å². The zero-order valence-corrected chi connectivity index (χ0v) is 18.8. The summed E-state index contributed by atoms with van der Waals surface area (Å²) in [5.41, 5.74) is 2.97. The lowest BCUT2D eigenvalue weighted by Crippen LogP contribution is -2.35. The molecule has 2 N–H and O–H groups in total. The van der Waals surface area contributed by atoms with Gasteiger partial charge >= 0.3 is 0 Å². The minimum Gasteiger partial charge on any atom is -0.390 e. The summed E-state index contributed by atoms with van der Waals surface area (Å²) >= 11 is 5.92. The maximum Gasteiger partial charge on any atom is 0.257 e. The Morgan fingerprint density at radius 3 is 2.58 bits per heavy atom. The molecule has 1 aliphatic heterocycles. The molecule has 4 aromatic rings. The normalized spacial score (nSPS) is 14.8. The molecule has 1 aliphatic rings. The van der Waals surface area contributed by atoms with E-state index in [1.165, 1.54) is 6.20 Å². The van der Waals surface area contributed by atoms with Gasteiger partial charge in [0.25, 0.3) is 5.91 Å². The number of morpholine rings is 1. The van der Waals surface area contributed by atoms with E-state index in [1.807, 2.05) is 24.3 Å². The number of rotatable bonds is 6. The lowest BCUT2D eigenvalue weighted by atomic mass is 10.0. The predicted octanol–water partition coefficient (Wildman–Crippen LogP) is 2.80. The van der Waals surface area contributed by atoms with Crippen LogP contribution >= 0.6 is 11.6 Å². The van der Waals surface area contributed by atoms with Crippen molar-refractivity contribution in [2.24, 2.45) is 0 Å².